The predicted octanol–water partition coefficient (Wildman–Crippen LogP) is 3.48. The van der Waals surface area contributed by atoms with E-state index in [9.17, 15) is 19.2 Å². The number of aromatic nitrogens is 3. The summed E-state index contributed by atoms with van der Waals surface area (Å²) < 4.78 is 56.5. The smallest absolute Gasteiger partial charge is 0.319 e. The molecule has 5 fully saturated rings. The standard InChI is InChI=1S/C54H54F2N8O8.2CH3NO/c1-3-37-41(55)13-10-32-6-4-8-38(44(32)37)47-46(56)48-40(25-57-47)49(62-27-34-11-12-35(28-62)58-34)61-53(60-48)72-30-54-18-16-36(63(54)26-31(2)24-54)29-71-23-22-70-21-20-69-19-17-33-7-5-9-39-45(33)52(68)64(51(39)67)42-14-15-43(65)59-50(42)66;2*2-1-3/h1,4-10,13,25,34-36,42,58H,2,11-12,14-24,26-30H2,(H,59,65,66);2*1H,(H2,2,3). The molecule has 2 bridgehead atoms. The number of fused-ring (bicyclic) bond motifs is 6. The molecule has 20 nitrogen and oxygen atoms in total. The summed E-state index contributed by atoms with van der Waals surface area (Å²) in [5, 5.41) is 7.41. The summed E-state index contributed by atoms with van der Waals surface area (Å²) in [6.07, 6.45) is 12.9. The maximum Gasteiger partial charge on any atom is 0.319 e. The highest BCUT2D eigenvalue weighted by Gasteiger charge is 2.51. The molecular weight excluding hydrogens is 1010 g/mol. The third kappa shape index (κ3) is 11.1. The number of primary amides is 2. The van der Waals surface area contributed by atoms with Crippen molar-refractivity contribution >= 4 is 63.9 Å². The Bertz CT molecular complexity index is 3190. The topological polar surface area (TPSA) is 264 Å². The molecule has 0 radical (unpaired) electrons. The SMILES string of the molecule is C#Cc1c(F)ccc2cccc(-c3ncc4c(N5CC6CCC(C5)N6)nc(OCC56CCC(COCCOCCOCCc7cccc8c7C(=O)N(C7CCC(=O)NC7=O)C8=O)N5CC(=C)C6)nc4c3F)c12.NC=O.NC=O. The first-order valence-electron chi connectivity index (χ1n) is 25.8. The van der Waals surface area contributed by atoms with Gasteiger partial charge < -0.3 is 40.6 Å². The van der Waals surface area contributed by atoms with Gasteiger partial charge in [-0.2, -0.15) is 9.97 Å². The van der Waals surface area contributed by atoms with Gasteiger partial charge in [0.2, 0.25) is 24.6 Å². The zero-order valence-corrected chi connectivity index (χ0v) is 42.8. The van der Waals surface area contributed by atoms with E-state index in [1.165, 1.54) is 6.07 Å². The first kappa shape index (κ1) is 55.0. The minimum atomic E-state index is -1.02. The maximum absolute atomic E-state index is 17.2. The summed E-state index contributed by atoms with van der Waals surface area (Å²) in [4.78, 5) is 87.7. The highest BCUT2D eigenvalue weighted by molar-refractivity contribution is 6.24. The average Bonchev–Trinajstić information content (AvgIpc) is 4.21. The number of piperazine rings is 1. The normalized spacial score (nSPS) is 22.3. The van der Waals surface area contributed by atoms with Crippen molar-refractivity contribution in [1.82, 2.24) is 35.4 Å². The van der Waals surface area contributed by atoms with Crippen LogP contribution in [0, 0.1) is 24.0 Å². The molecule has 0 saturated carbocycles. The summed E-state index contributed by atoms with van der Waals surface area (Å²) in [5.41, 5.74) is 10.7. The fourth-order valence-electron chi connectivity index (χ4n) is 11.8. The molecule has 408 valence electrons. The Kier molecular flexibility index (Phi) is 17.1. The molecule has 5 aromatic rings. The minimum absolute atomic E-state index is 0.00549. The zero-order chi connectivity index (χ0) is 55.1. The van der Waals surface area contributed by atoms with Gasteiger partial charge in [0.15, 0.2) is 5.82 Å². The molecule has 5 saturated heterocycles. The van der Waals surface area contributed by atoms with E-state index in [2.05, 4.69) is 49.4 Å². The number of carbonyl (C=O) groups excluding carboxylic acids is 6. The van der Waals surface area contributed by atoms with Crippen molar-refractivity contribution in [2.45, 2.75) is 81.1 Å². The van der Waals surface area contributed by atoms with Crippen LogP contribution in [0.3, 0.4) is 0 Å². The third-order valence-electron chi connectivity index (χ3n) is 15.1. The summed E-state index contributed by atoms with van der Waals surface area (Å²) in [5.74, 6) is -0.377. The van der Waals surface area contributed by atoms with Gasteiger partial charge in [0.05, 0.1) is 67.3 Å². The fraction of sp³-hybridized carbons (Fsp3) is 0.411. The van der Waals surface area contributed by atoms with Gasteiger partial charge in [-0.25, -0.2) is 8.78 Å². The van der Waals surface area contributed by atoms with Gasteiger partial charge in [0.1, 0.15) is 35.5 Å². The number of imide groups is 2. The quantitative estimate of drug-likeness (QED) is 0.0342. The first-order chi connectivity index (χ1) is 37.8. The number of rotatable bonds is 17. The van der Waals surface area contributed by atoms with Crippen LogP contribution < -0.4 is 31.7 Å². The monoisotopic (exact) mass is 1070 g/mol. The number of nitrogens with zero attached hydrogens (tertiary/aromatic N) is 6. The van der Waals surface area contributed by atoms with E-state index < -0.39 is 41.3 Å². The number of nitrogens with one attached hydrogen (secondary N) is 2. The molecule has 6 aliphatic heterocycles. The van der Waals surface area contributed by atoms with E-state index in [0.717, 1.165) is 42.6 Å². The molecule has 6 amide bonds. The van der Waals surface area contributed by atoms with Gasteiger partial charge in [-0.3, -0.25) is 48.9 Å². The van der Waals surface area contributed by atoms with Crippen molar-refractivity contribution in [1.29, 1.82) is 0 Å². The molecule has 5 unspecified atom stereocenters. The summed E-state index contributed by atoms with van der Waals surface area (Å²) in [7, 11) is 0. The van der Waals surface area contributed by atoms with Gasteiger partial charge in [0.25, 0.3) is 11.8 Å². The molecule has 0 aliphatic carbocycles. The van der Waals surface area contributed by atoms with Gasteiger partial charge >= 0.3 is 6.01 Å². The highest BCUT2D eigenvalue weighted by Crippen LogP contribution is 2.45. The van der Waals surface area contributed by atoms with Crippen LogP contribution in [0.2, 0.25) is 0 Å². The van der Waals surface area contributed by atoms with E-state index in [1.54, 1.807) is 48.7 Å². The van der Waals surface area contributed by atoms with E-state index in [-0.39, 0.29) is 96.5 Å². The lowest BCUT2D eigenvalue weighted by Gasteiger charge is -2.35. The Labute approximate surface area is 448 Å². The molecule has 6 N–H and O–H groups in total. The Balaban J connectivity index is 0.00000118. The second-order valence-electron chi connectivity index (χ2n) is 19.9. The fourth-order valence-corrected chi connectivity index (χ4v) is 11.8. The van der Waals surface area contributed by atoms with Crippen molar-refractivity contribution in [3.63, 3.8) is 0 Å². The van der Waals surface area contributed by atoms with E-state index in [4.69, 9.17) is 44.9 Å². The van der Waals surface area contributed by atoms with E-state index >= 15 is 8.78 Å². The second kappa shape index (κ2) is 24.2. The number of amides is 6. The Hall–Kier alpha value is -7.81. The van der Waals surface area contributed by atoms with Crippen LogP contribution in [0.1, 0.15) is 76.8 Å². The lowest BCUT2D eigenvalue weighted by atomic mass is 9.94. The number of hydrogen-bond acceptors (Lipinski definition) is 16. The molecule has 11 rings (SSSR count). The third-order valence-corrected chi connectivity index (χ3v) is 15.1. The van der Waals surface area contributed by atoms with Crippen molar-refractivity contribution in [2.24, 2.45) is 11.5 Å². The van der Waals surface area contributed by atoms with Crippen molar-refractivity contribution in [2.75, 3.05) is 70.8 Å². The van der Waals surface area contributed by atoms with Gasteiger partial charge in [-0.15, -0.1) is 6.42 Å². The molecule has 0 spiro atoms. The first-order valence-corrected chi connectivity index (χ1v) is 25.8. The van der Waals surface area contributed by atoms with E-state index in [0.29, 0.717) is 92.2 Å². The van der Waals surface area contributed by atoms with Crippen LogP contribution in [-0.4, -0.2) is 157 Å². The number of terminal acetylenes is 1. The molecular formula is C56H60F2N10O10. The Morgan fingerprint density at radius 3 is 2.31 bits per heavy atom. The highest BCUT2D eigenvalue weighted by atomic mass is 19.1. The lowest BCUT2D eigenvalue weighted by molar-refractivity contribution is -0.136. The number of halogens is 2. The maximum atomic E-state index is 17.2. The number of pyridine rings is 1. The van der Waals surface area contributed by atoms with Gasteiger partial charge in [-0.05, 0) is 68.0 Å². The van der Waals surface area contributed by atoms with Crippen LogP contribution in [-0.2, 0) is 39.8 Å². The van der Waals surface area contributed by atoms with Crippen molar-refractivity contribution in [3.05, 3.63) is 101 Å². The number of piperidine rings is 1. The lowest BCUT2D eigenvalue weighted by Crippen LogP contribution is -2.54. The zero-order valence-electron chi connectivity index (χ0n) is 42.8. The molecule has 8 heterocycles. The number of carbonyl (C=O) groups is 6. The van der Waals surface area contributed by atoms with Crippen LogP contribution in [0.25, 0.3) is 32.9 Å². The van der Waals surface area contributed by atoms with Crippen LogP contribution in [0.4, 0.5) is 14.6 Å². The number of hydrogen-bond donors (Lipinski definition) is 4. The predicted molar refractivity (Wildman–Crippen MR) is 282 cm³/mol. The van der Waals surface area contributed by atoms with Crippen LogP contribution in [0.15, 0.2) is 66.9 Å². The minimum Gasteiger partial charge on any atom is -0.461 e. The summed E-state index contributed by atoms with van der Waals surface area (Å²) in [6.45, 7) is 8.86. The number of benzene rings is 3. The number of nitrogens with two attached hydrogens (primary N) is 2. The van der Waals surface area contributed by atoms with Gasteiger partial charge in [0, 0.05) is 61.3 Å². The van der Waals surface area contributed by atoms with Crippen LogP contribution in [0.5, 0.6) is 6.01 Å². The van der Waals surface area contributed by atoms with E-state index in [1.807, 2.05) is 0 Å². The summed E-state index contributed by atoms with van der Waals surface area (Å²) in [6, 6.07) is 13.0. The largest absolute Gasteiger partial charge is 0.461 e. The Morgan fingerprint density at radius 1 is 0.872 bits per heavy atom. The van der Waals surface area contributed by atoms with Crippen LogP contribution >= 0.6 is 0 Å². The van der Waals surface area contributed by atoms with Crippen molar-refractivity contribution < 1.29 is 56.5 Å². The number of ether oxygens (including phenoxy) is 4. The molecule has 78 heavy (non-hydrogen) atoms. The average molecular weight is 1070 g/mol. The second-order valence-corrected chi connectivity index (χ2v) is 19.9. The molecule has 5 atom stereocenters. The molecule has 22 heteroatoms. The molecule has 3 aromatic carbocycles. The van der Waals surface area contributed by atoms with Crippen molar-refractivity contribution in [3.8, 4) is 29.6 Å². The molecule has 6 aliphatic rings. The summed E-state index contributed by atoms with van der Waals surface area (Å²) >= 11 is 0. The Morgan fingerprint density at radius 2 is 1.58 bits per heavy atom. The number of anilines is 1. The molecule has 2 aromatic heterocycles. The van der Waals surface area contributed by atoms with Gasteiger partial charge in [-0.1, -0.05) is 54.5 Å².